The average molecular weight is 488 g/mol. The normalized spacial score (nSPS) is 12.1. The lowest BCUT2D eigenvalue weighted by Gasteiger charge is -2.20. The number of carbonyl (C=O) groups is 1. The third-order valence-electron chi connectivity index (χ3n) is 5.20. The van der Waals surface area contributed by atoms with Crippen molar-refractivity contribution in [2.24, 2.45) is 0 Å². The van der Waals surface area contributed by atoms with Crippen LogP contribution >= 0.6 is 0 Å². The summed E-state index contributed by atoms with van der Waals surface area (Å²) in [6, 6.07) is 10.3. The first-order valence-corrected chi connectivity index (χ1v) is 13.1. The molecule has 34 heavy (non-hydrogen) atoms. The number of alkyl carbamates (subject to hydrolysis) is 1. The van der Waals surface area contributed by atoms with E-state index in [0.29, 0.717) is 13.0 Å². The van der Waals surface area contributed by atoms with Crippen molar-refractivity contribution in [3.8, 4) is 11.1 Å². The number of hydrogen-bond donors (Lipinski definition) is 1. The summed E-state index contributed by atoms with van der Waals surface area (Å²) in [5.74, 6) is 0. The van der Waals surface area contributed by atoms with E-state index in [0.717, 1.165) is 52.4 Å². The topological polar surface area (TPSA) is 99.0 Å². The van der Waals surface area contributed by atoms with Crippen molar-refractivity contribution in [1.82, 2.24) is 14.9 Å². The van der Waals surface area contributed by atoms with Crippen molar-refractivity contribution >= 4 is 21.7 Å². The third kappa shape index (κ3) is 7.56. The molecule has 0 atom stereocenters. The second kappa shape index (κ2) is 10.6. The number of aromatic nitrogens is 2. The van der Waals surface area contributed by atoms with Gasteiger partial charge in [-0.15, -0.1) is 0 Å². The number of nitrogens with zero attached hydrogens (tertiary/aromatic N) is 2. The second-order valence-electron chi connectivity index (χ2n) is 9.40. The number of aryl methyl sites for hydroxylation is 2. The zero-order valence-corrected chi connectivity index (χ0v) is 21.2. The van der Waals surface area contributed by atoms with Crippen molar-refractivity contribution in [2.45, 2.75) is 59.1 Å². The Hall–Kier alpha value is -2.91. The van der Waals surface area contributed by atoms with Crippen molar-refractivity contribution in [3.63, 3.8) is 0 Å². The molecule has 0 saturated heterocycles. The van der Waals surface area contributed by atoms with Gasteiger partial charge in [-0.2, -0.15) is 13.5 Å². The van der Waals surface area contributed by atoms with E-state index in [4.69, 9.17) is 8.92 Å². The Morgan fingerprint density at radius 1 is 1.15 bits per heavy atom. The predicted molar refractivity (Wildman–Crippen MR) is 132 cm³/mol. The quantitative estimate of drug-likeness (QED) is 0.349. The van der Waals surface area contributed by atoms with E-state index in [1.807, 2.05) is 56.6 Å². The van der Waals surface area contributed by atoms with Crippen LogP contribution in [0.1, 0.15) is 50.3 Å². The maximum absolute atomic E-state index is 12.0. The molecule has 0 fully saturated rings. The molecule has 0 radical (unpaired) electrons. The molecule has 0 bridgehead atoms. The summed E-state index contributed by atoms with van der Waals surface area (Å²) in [5, 5.41) is 7.24. The van der Waals surface area contributed by atoms with Gasteiger partial charge in [0, 0.05) is 24.5 Å². The highest BCUT2D eigenvalue weighted by molar-refractivity contribution is 7.85. The lowest BCUT2D eigenvalue weighted by Crippen LogP contribution is -2.32. The van der Waals surface area contributed by atoms with Crippen LogP contribution in [0, 0.1) is 6.92 Å². The maximum atomic E-state index is 12.0. The van der Waals surface area contributed by atoms with E-state index in [-0.39, 0.29) is 6.61 Å². The van der Waals surface area contributed by atoms with E-state index < -0.39 is 21.8 Å². The van der Waals surface area contributed by atoms with E-state index >= 15 is 0 Å². The third-order valence-corrected chi connectivity index (χ3v) is 5.79. The minimum atomic E-state index is -3.39. The highest BCUT2D eigenvalue weighted by Gasteiger charge is 2.16. The van der Waals surface area contributed by atoms with Crippen LogP contribution in [0.15, 0.2) is 42.7 Å². The summed E-state index contributed by atoms with van der Waals surface area (Å²) in [6.45, 7) is 8.12. The summed E-state index contributed by atoms with van der Waals surface area (Å²) >= 11 is 0. The first kappa shape index (κ1) is 25.7. The molecular formula is C25H33N3O5S. The fourth-order valence-electron chi connectivity index (χ4n) is 3.63. The van der Waals surface area contributed by atoms with E-state index in [2.05, 4.69) is 22.5 Å². The average Bonchev–Trinajstić information content (AvgIpc) is 3.13. The van der Waals surface area contributed by atoms with Crippen LogP contribution in [-0.4, -0.2) is 42.6 Å². The highest BCUT2D eigenvalue weighted by Crippen LogP contribution is 2.28. The molecular weight excluding hydrogens is 454 g/mol. The molecule has 2 heterocycles. The lowest BCUT2D eigenvalue weighted by molar-refractivity contribution is 0.0523. The van der Waals surface area contributed by atoms with Crippen molar-refractivity contribution in [3.05, 3.63) is 59.4 Å². The first-order chi connectivity index (χ1) is 15.9. The number of amides is 1. The van der Waals surface area contributed by atoms with Gasteiger partial charge in [0.1, 0.15) is 5.60 Å². The SMILES string of the molecule is Cc1cc(-c2ccnn3cc(CCCCOS(C)(=O)=O)cc23)ccc1CNC(=O)OC(C)(C)C. The van der Waals surface area contributed by atoms with Crippen LogP contribution in [0.4, 0.5) is 4.79 Å². The molecule has 0 saturated carbocycles. The monoisotopic (exact) mass is 487 g/mol. The molecule has 3 rings (SSSR count). The van der Waals surface area contributed by atoms with Crippen LogP contribution in [0.2, 0.25) is 0 Å². The molecule has 3 aromatic rings. The van der Waals surface area contributed by atoms with Crippen LogP contribution in [-0.2, 0) is 32.0 Å². The van der Waals surface area contributed by atoms with E-state index in [1.54, 1.807) is 6.20 Å². The predicted octanol–water partition coefficient (Wildman–Crippen LogP) is 4.63. The van der Waals surface area contributed by atoms with Gasteiger partial charge in [0.2, 0.25) is 0 Å². The van der Waals surface area contributed by atoms with Gasteiger partial charge in [0.05, 0.1) is 18.4 Å². The summed E-state index contributed by atoms with van der Waals surface area (Å²) in [7, 11) is -3.39. The summed E-state index contributed by atoms with van der Waals surface area (Å²) in [6.07, 6.45) is 6.70. The fourth-order valence-corrected chi connectivity index (χ4v) is 4.05. The van der Waals surface area contributed by atoms with Gasteiger partial charge in [-0.05, 0) is 81.3 Å². The summed E-state index contributed by atoms with van der Waals surface area (Å²) in [4.78, 5) is 12.0. The Labute approximate surface area is 201 Å². The Balaban J connectivity index is 1.68. The molecule has 9 heteroatoms. The lowest BCUT2D eigenvalue weighted by atomic mass is 9.99. The standard InChI is InChI=1S/C25H33N3O5S/c1-18-14-20(9-10-21(18)16-26-24(29)33-25(2,3)4)22-11-12-27-28-17-19(15-23(22)28)8-6-7-13-32-34(5,30)31/h9-12,14-15,17H,6-8,13,16H2,1-5H3,(H,26,29). The minimum Gasteiger partial charge on any atom is -0.444 e. The summed E-state index contributed by atoms with van der Waals surface area (Å²) in [5.41, 5.74) is 5.83. The molecule has 0 aliphatic carbocycles. The number of hydrogen-bond acceptors (Lipinski definition) is 6. The molecule has 0 spiro atoms. The number of rotatable bonds is 9. The zero-order valence-electron chi connectivity index (χ0n) is 20.4. The Morgan fingerprint density at radius 2 is 1.91 bits per heavy atom. The molecule has 1 N–H and O–H groups in total. The molecule has 1 aromatic carbocycles. The zero-order chi connectivity index (χ0) is 24.9. The molecule has 0 aliphatic heterocycles. The smallest absolute Gasteiger partial charge is 0.407 e. The minimum absolute atomic E-state index is 0.199. The van der Waals surface area contributed by atoms with Gasteiger partial charge in [-0.25, -0.2) is 9.31 Å². The largest absolute Gasteiger partial charge is 0.444 e. The number of nitrogens with one attached hydrogen (secondary N) is 1. The van der Waals surface area contributed by atoms with Crippen molar-refractivity contribution in [1.29, 1.82) is 0 Å². The maximum Gasteiger partial charge on any atom is 0.407 e. The van der Waals surface area contributed by atoms with Crippen molar-refractivity contribution < 1.29 is 22.1 Å². The van der Waals surface area contributed by atoms with Gasteiger partial charge < -0.3 is 10.1 Å². The van der Waals surface area contributed by atoms with Crippen LogP contribution in [0.3, 0.4) is 0 Å². The number of fused-ring (bicyclic) bond motifs is 1. The van der Waals surface area contributed by atoms with Gasteiger partial charge in [-0.3, -0.25) is 4.18 Å². The summed E-state index contributed by atoms with van der Waals surface area (Å²) < 4.78 is 34.1. The molecule has 184 valence electrons. The second-order valence-corrected chi connectivity index (χ2v) is 11.0. The molecule has 2 aromatic heterocycles. The fraction of sp³-hybridized carbons (Fsp3) is 0.440. The van der Waals surface area contributed by atoms with Gasteiger partial charge in [-0.1, -0.05) is 18.2 Å². The van der Waals surface area contributed by atoms with Gasteiger partial charge in [0.25, 0.3) is 10.1 Å². The van der Waals surface area contributed by atoms with E-state index in [9.17, 15) is 13.2 Å². The van der Waals surface area contributed by atoms with Crippen molar-refractivity contribution in [2.75, 3.05) is 12.9 Å². The first-order valence-electron chi connectivity index (χ1n) is 11.3. The Morgan fingerprint density at radius 3 is 2.59 bits per heavy atom. The number of benzene rings is 1. The highest BCUT2D eigenvalue weighted by atomic mass is 32.2. The molecule has 1 amide bonds. The molecule has 8 nitrogen and oxygen atoms in total. The van der Waals surface area contributed by atoms with Crippen LogP contribution < -0.4 is 5.32 Å². The Bertz CT molecular complexity index is 1260. The van der Waals surface area contributed by atoms with E-state index in [1.165, 1.54) is 0 Å². The molecule has 0 unspecified atom stereocenters. The number of ether oxygens (including phenoxy) is 1. The van der Waals surface area contributed by atoms with Crippen LogP contribution in [0.5, 0.6) is 0 Å². The Kier molecular flexibility index (Phi) is 7.99. The van der Waals surface area contributed by atoms with Crippen LogP contribution in [0.25, 0.3) is 16.6 Å². The van der Waals surface area contributed by atoms with Gasteiger partial charge >= 0.3 is 6.09 Å². The number of unbranched alkanes of at least 4 members (excludes halogenated alkanes) is 1. The molecule has 0 aliphatic rings. The van der Waals surface area contributed by atoms with Gasteiger partial charge in [0.15, 0.2) is 0 Å². The number of carbonyl (C=O) groups excluding carboxylic acids is 1.